The van der Waals surface area contributed by atoms with E-state index in [4.69, 9.17) is 0 Å². The highest BCUT2D eigenvalue weighted by atomic mass is 79.9. The molecule has 24 heavy (non-hydrogen) atoms. The summed E-state index contributed by atoms with van der Waals surface area (Å²) in [5.74, 6) is 0.399. The SMILES string of the molecule is Cc1cc(Nc2cc(C(=O)NCCCN(C)C)ncn2)ccc1Br. The van der Waals surface area contributed by atoms with Gasteiger partial charge in [0, 0.05) is 22.8 Å². The van der Waals surface area contributed by atoms with Crippen LogP contribution in [0, 0.1) is 6.92 Å². The summed E-state index contributed by atoms with van der Waals surface area (Å²) in [6.07, 6.45) is 2.29. The Labute approximate surface area is 150 Å². The van der Waals surface area contributed by atoms with Gasteiger partial charge in [-0.25, -0.2) is 9.97 Å². The molecule has 0 aliphatic heterocycles. The predicted octanol–water partition coefficient (Wildman–Crippen LogP) is 2.97. The zero-order valence-corrected chi connectivity index (χ0v) is 15.7. The molecule has 1 heterocycles. The van der Waals surface area contributed by atoms with Crippen LogP contribution in [0.5, 0.6) is 0 Å². The van der Waals surface area contributed by atoms with Crippen LogP contribution in [0.3, 0.4) is 0 Å². The molecule has 1 aromatic heterocycles. The average Bonchev–Trinajstić information content (AvgIpc) is 2.55. The minimum Gasteiger partial charge on any atom is -0.351 e. The smallest absolute Gasteiger partial charge is 0.270 e. The topological polar surface area (TPSA) is 70.2 Å². The third kappa shape index (κ3) is 5.58. The largest absolute Gasteiger partial charge is 0.351 e. The molecule has 2 aromatic rings. The Morgan fingerprint density at radius 2 is 2.04 bits per heavy atom. The van der Waals surface area contributed by atoms with E-state index in [1.807, 2.05) is 39.2 Å². The van der Waals surface area contributed by atoms with Crippen molar-refractivity contribution >= 4 is 33.3 Å². The van der Waals surface area contributed by atoms with E-state index >= 15 is 0 Å². The first-order valence-electron chi connectivity index (χ1n) is 7.74. The highest BCUT2D eigenvalue weighted by Gasteiger charge is 2.08. The molecule has 128 valence electrons. The Bertz CT molecular complexity index is 705. The third-order valence-electron chi connectivity index (χ3n) is 3.40. The van der Waals surface area contributed by atoms with E-state index in [1.165, 1.54) is 6.33 Å². The van der Waals surface area contributed by atoms with Crippen molar-refractivity contribution in [3.63, 3.8) is 0 Å². The number of halogens is 1. The van der Waals surface area contributed by atoms with Crippen LogP contribution in [0.1, 0.15) is 22.5 Å². The summed E-state index contributed by atoms with van der Waals surface area (Å²) in [5.41, 5.74) is 2.38. The van der Waals surface area contributed by atoms with Crippen molar-refractivity contribution in [1.82, 2.24) is 20.2 Å². The normalized spacial score (nSPS) is 10.7. The number of anilines is 2. The zero-order chi connectivity index (χ0) is 17.5. The monoisotopic (exact) mass is 391 g/mol. The maximum Gasteiger partial charge on any atom is 0.270 e. The quantitative estimate of drug-likeness (QED) is 0.709. The van der Waals surface area contributed by atoms with Crippen LogP contribution in [0.15, 0.2) is 35.1 Å². The molecule has 0 radical (unpaired) electrons. The van der Waals surface area contributed by atoms with Crippen molar-refractivity contribution in [2.24, 2.45) is 0 Å². The lowest BCUT2D eigenvalue weighted by atomic mass is 10.2. The number of aromatic nitrogens is 2. The number of amides is 1. The molecule has 1 amide bonds. The maximum atomic E-state index is 12.1. The van der Waals surface area contributed by atoms with Gasteiger partial charge in [0.1, 0.15) is 17.8 Å². The number of carbonyl (C=O) groups is 1. The zero-order valence-electron chi connectivity index (χ0n) is 14.1. The van der Waals surface area contributed by atoms with Crippen molar-refractivity contribution < 1.29 is 4.79 Å². The molecule has 0 atom stereocenters. The second-order valence-electron chi connectivity index (χ2n) is 5.79. The van der Waals surface area contributed by atoms with Gasteiger partial charge in [0.15, 0.2) is 0 Å². The van der Waals surface area contributed by atoms with E-state index in [0.717, 1.165) is 28.7 Å². The molecule has 0 spiro atoms. The van der Waals surface area contributed by atoms with Crippen LogP contribution in [-0.2, 0) is 0 Å². The Morgan fingerprint density at radius 3 is 2.75 bits per heavy atom. The Hall–Kier alpha value is -1.99. The molecule has 1 aromatic carbocycles. The standard InChI is InChI=1S/C17H22BrN5O/c1-12-9-13(5-6-14(12)18)22-16-10-15(20-11-21-16)17(24)19-7-4-8-23(2)3/h5-6,9-11H,4,7-8H2,1-3H3,(H,19,24)(H,20,21,22). The number of nitrogens with one attached hydrogen (secondary N) is 2. The first kappa shape index (κ1) is 18.4. The summed E-state index contributed by atoms with van der Waals surface area (Å²) in [6.45, 7) is 3.57. The molecule has 0 aliphatic rings. The van der Waals surface area contributed by atoms with Gasteiger partial charge in [0.25, 0.3) is 5.91 Å². The molecule has 0 saturated heterocycles. The van der Waals surface area contributed by atoms with Gasteiger partial charge >= 0.3 is 0 Å². The number of nitrogens with zero attached hydrogens (tertiary/aromatic N) is 3. The Kier molecular flexibility index (Phi) is 6.69. The molecule has 0 saturated carbocycles. The van der Waals surface area contributed by atoms with Gasteiger partial charge < -0.3 is 15.5 Å². The van der Waals surface area contributed by atoms with Crippen LogP contribution in [0.2, 0.25) is 0 Å². The van der Waals surface area contributed by atoms with Crippen LogP contribution in [0.25, 0.3) is 0 Å². The molecule has 2 N–H and O–H groups in total. The lowest BCUT2D eigenvalue weighted by Gasteiger charge is -2.10. The number of hydrogen-bond acceptors (Lipinski definition) is 5. The summed E-state index contributed by atoms with van der Waals surface area (Å²) in [4.78, 5) is 22.4. The van der Waals surface area contributed by atoms with E-state index in [-0.39, 0.29) is 5.91 Å². The van der Waals surface area contributed by atoms with Crippen molar-refractivity contribution in [3.8, 4) is 0 Å². The Balaban J connectivity index is 1.97. The first-order valence-corrected chi connectivity index (χ1v) is 8.53. The van der Waals surface area contributed by atoms with E-state index < -0.39 is 0 Å². The highest BCUT2D eigenvalue weighted by molar-refractivity contribution is 9.10. The fourth-order valence-electron chi connectivity index (χ4n) is 2.11. The fourth-order valence-corrected chi connectivity index (χ4v) is 2.35. The van der Waals surface area contributed by atoms with Gasteiger partial charge in [-0.1, -0.05) is 15.9 Å². The van der Waals surface area contributed by atoms with E-state index in [2.05, 4.69) is 41.4 Å². The number of rotatable bonds is 7. The first-order chi connectivity index (χ1) is 11.5. The van der Waals surface area contributed by atoms with E-state index in [1.54, 1.807) is 6.07 Å². The van der Waals surface area contributed by atoms with Gasteiger partial charge in [-0.2, -0.15) is 0 Å². The minimum absolute atomic E-state index is 0.189. The molecule has 0 aliphatic carbocycles. The molecule has 0 bridgehead atoms. The van der Waals surface area contributed by atoms with Crippen molar-refractivity contribution in [2.45, 2.75) is 13.3 Å². The lowest BCUT2D eigenvalue weighted by Crippen LogP contribution is -2.27. The predicted molar refractivity (Wildman–Crippen MR) is 99.7 cm³/mol. The molecule has 0 fully saturated rings. The summed E-state index contributed by atoms with van der Waals surface area (Å²) in [7, 11) is 4.02. The summed E-state index contributed by atoms with van der Waals surface area (Å²) < 4.78 is 1.05. The summed E-state index contributed by atoms with van der Waals surface area (Å²) in [5, 5.41) is 6.06. The number of aryl methyl sites for hydroxylation is 1. The minimum atomic E-state index is -0.189. The molecule has 0 unspecified atom stereocenters. The van der Waals surface area contributed by atoms with Gasteiger partial charge in [-0.3, -0.25) is 4.79 Å². The highest BCUT2D eigenvalue weighted by Crippen LogP contribution is 2.22. The van der Waals surface area contributed by atoms with Crippen molar-refractivity contribution in [2.75, 3.05) is 32.5 Å². The van der Waals surface area contributed by atoms with Gasteiger partial charge in [-0.05, 0) is 57.7 Å². The number of benzene rings is 1. The van der Waals surface area contributed by atoms with Crippen LogP contribution in [-0.4, -0.2) is 48.0 Å². The lowest BCUT2D eigenvalue weighted by molar-refractivity contribution is 0.0947. The van der Waals surface area contributed by atoms with E-state index in [9.17, 15) is 4.79 Å². The van der Waals surface area contributed by atoms with Crippen molar-refractivity contribution in [1.29, 1.82) is 0 Å². The second kappa shape index (κ2) is 8.75. The third-order valence-corrected chi connectivity index (χ3v) is 4.29. The number of carbonyl (C=O) groups excluding carboxylic acids is 1. The van der Waals surface area contributed by atoms with Gasteiger partial charge in [0.2, 0.25) is 0 Å². The molecule has 7 heteroatoms. The van der Waals surface area contributed by atoms with Crippen LogP contribution >= 0.6 is 15.9 Å². The molecular formula is C17H22BrN5O. The summed E-state index contributed by atoms with van der Waals surface area (Å²) >= 11 is 3.47. The van der Waals surface area contributed by atoms with E-state index in [0.29, 0.717) is 18.1 Å². The summed E-state index contributed by atoms with van der Waals surface area (Å²) in [6, 6.07) is 7.57. The average molecular weight is 392 g/mol. The van der Waals surface area contributed by atoms with Crippen LogP contribution < -0.4 is 10.6 Å². The number of hydrogen-bond donors (Lipinski definition) is 2. The van der Waals surface area contributed by atoms with Crippen molar-refractivity contribution in [3.05, 3.63) is 46.3 Å². The van der Waals surface area contributed by atoms with Crippen LogP contribution in [0.4, 0.5) is 11.5 Å². The fraction of sp³-hybridized carbons (Fsp3) is 0.353. The Morgan fingerprint density at radius 1 is 1.25 bits per heavy atom. The maximum absolute atomic E-state index is 12.1. The van der Waals surface area contributed by atoms with Gasteiger partial charge in [0.05, 0.1) is 0 Å². The molecular weight excluding hydrogens is 370 g/mol. The molecule has 6 nitrogen and oxygen atoms in total. The van der Waals surface area contributed by atoms with Gasteiger partial charge in [-0.15, -0.1) is 0 Å². The second-order valence-corrected chi connectivity index (χ2v) is 6.64. The molecule has 2 rings (SSSR count).